The summed E-state index contributed by atoms with van der Waals surface area (Å²) in [5.41, 5.74) is 1.97. The fourth-order valence-electron chi connectivity index (χ4n) is 4.15. The van der Waals surface area contributed by atoms with Crippen LogP contribution in [0.3, 0.4) is 0 Å². The lowest BCUT2D eigenvalue weighted by Gasteiger charge is -2.35. The molecule has 1 N–H and O–H groups in total. The molecule has 0 spiro atoms. The minimum Gasteiger partial charge on any atom is -0.496 e. The van der Waals surface area contributed by atoms with Crippen LogP contribution in [0.2, 0.25) is 0 Å². The van der Waals surface area contributed by atoms with E-state index in [1.165, 1.54) is 0 Å². The summed E-state index contributed by atoms with van der Waals surface area (Å²) in [4.78, 5) is 29.6. The maximum atomic E-state index is 13.1. The Bertz CT molecular complexity index is 991. The van der Waals surface area contributed by atoms with Gasteiger partial charge in [0, 0.05) is 37.3 Å². The van der Waals surface area contributed by atoms with Gasteiger partial charge >= 0.3 is 0 Å². The Morgan fingerprint density at radius 1 is 1.19 bits per heavy atom. The standard InChI is InChI=1S/C25H29N3O4/c1-31-22-10-4-2-7-19(22)9-6-13-27-14-12-26-25(30)21(27)17-24(29)28-15-16-32-23-11-5-3-8-20(23)18-28/h2-11,21H,12-18H2,1H3,(H,26,30)/b9-6+. The predicted molar refractivity (Wildman–Crippen MR) is 122 cm³/mol. The molecule has 7 nitrogen and oxygen atoms in total. The van der Waals surface area contributed by atoms with Crippen molar-refractivity contribution in [2.75, 3.05) is 39.9 Å². The molecule has 0 bridgehead atoms. The number of hydrogen-bond donors (Lipinski definition) is 1. The van der Waals surface area contributed by atoms with Crippen LogP contribution < -0.4 is 14.8 Å². The van der Waals surface area contributed by atoms with Crippen LogP contribution >= 0.6 is 0 Å². The van der Waals surface area contributed by atoms with Crippen molar-refractivity contribution in [1.29, 1.82) is 0 Å². The first-order valence-corrected chi connectivity index (χ1v) is 11.0. The van der Waals surface area contributed by atoms with E-state index in [4.69, 9.17) is 9.47 Å². The Morgan fingerprint density at radius 3 is 2.88 bits per heavy atom. The number of piperazine rings is 1. The normalized spacial score (nSPS) is 19.1. The van der Waals surface area contributed by atoms with Gasteiger partial charge < -0.3 is 19.7 Å². The zero-order valence-corrected chi connectivity index (χ0v) is 18.3. The van der Waals surface area contributed by atoms with Gasteiger partial charge in [-0.25, -0.2) is 0 Å². The zero-order chi connectivity index (χ0) is 22.3. The molecule has 2 amide bonds. The average molecular weight is 436 g/mol. The second-order valence-electron chi connectivity index (χ2n) is 7.92. The topological polar surface area (TPSA) is 71.1 Å². The molecule has 2 aromatic rings. The summed E-state index contributed by atoms with van der Waals surface area (Å²) < 4.78 is 11.2. The number of nitrogens with zero attached hydrogens (tertiary/aromatic N) is 2. The summed E-state index contributed by atoms with van der Waals surface area (Å²) in [6, 6.07) is 15.1. The first kappa shape index (κ1) is 21.9. The molecule has 1 unspecified atom stereocenters. The Hall–Kier alpha value is -3.32. The minimum absolute atomic E-state index is 0.0361. The number of rotatable bonds is 6. The van der Waals surface area contributed by atoms with Gasteiger partial charge in [0.15, 0.2) is 0 Å². The number of carbonyl (C=O) groups excluding carboxylic acids is 2. The summed E-state index contributed by atoms with van der Waals surface area (Å²) in [6.07, 6.45) is 4.16. The van der Waals surface area contributed by atoms with Crippen LogP contribution in [0.5, 0.6) is 11.5 Å². The number of amides is 2. The molecule has 168 valence electrons. The number of benzene rings is 2. The Morgan fingerprint density at radius 2 is 2.00 bits per heavy atom. The lowest BCUT2D eigenvalue weighted by molar-refractivity contribution is -0.139. The van der Waals surface area contributed by atoms with Gasteiger partial charge in [-0.1, -0.05) is 48.6 Å². The number of hydrogen-bond acceptors (Lipinski definition) is 5. The summed E-state index contributed by atoms with van der Waals surface area (Å²) in [5.74, 6) is 1.49. The number of ether oxygens (including phenoxy) is 2. The van der Waals surface area contributed by atoms with E-state index < -0.39 is 6.04 Å². The SMILES string of the molecule is COc1ccccc1/C=C/CN1CCNC(=O)C1CC(=O)N1CCOc2ccccc2C1. The second kappa shape index (κ2) is 10.3. The van der Waals surface area contributed by atoms with E-state index in [9.17, 15) is 9.59 Å². The Balaban J connectivity index is 1.42. The molecule has 0 saturated carbocycles. The highest BCUT2D eigenvalue weighted by Crippen LogP contribution is 2.23. The van der Waals surface area contributed by atoms with Gasteiger partial charge in [0.05, 0.1) is 26.1 Å². The summed E-state index contributed by atoms with van der Waals surface area (Å²) in [6.45, 7) is 3.32. The minimum atomic E-state index is -0.488. The monoisotopic (exact) mass is 435 g/mol. The third-order valence-electron chi connectivity index (χ3n) is 5.89. The van der Waals surface area contributed by atoms with Crippen molar-refractivity contribution in [3.63, 3.8) is 0 Å². The number of nitrogens with one attached hydrogen (secondary N) is 1. The van der Waals surface area contributed by atoms with Crippen molar-refractivity contribution in [2.45, 2.75) is 19.0 Å². The smallest absolute Gasteiger partial charge is 0.237 e. The molecule has 2 heterocycles. The molecule has 2 aromatic carbocycles. The summed E-state index contributed by atoms with van der Waals surface area (Å²) in [7, 11) is 1.65. The van der Waals surface area contributed by atoms with E-state index in [2.05, 4.69) is 10.2 Å². The van der Waals surface area contributed by atoms with Crippen LogP contribution in [0.1, 0.15) is 17.5 Å². The number of carbonyl (C=O) groups is 2. The molecular weight excluding hydrogens is 406 g/mol. The van der Waals surface area contributed by atoms with Gasteiger partial charge in [0.1, 0.15) is 18.1 Å². The first-order valence-electron chi connectivity index (χ1n) is 11.0. The van der Waals surface area contributed by atoms with Crippen LogP contribution in [-0.2, 0) is 16.1 Å². The molecule has 1 saturated heterocycles. The third-order valence-corrected chi connectivity index (χ3v) is 5.89. The lowest BCUT2D eigenvalue weighted by Crippen LogP contribution is -2.56. The molecule has 0 aromatic heterocycles. The highest BCUT2D eigenvalue weighted by Gasteiger charge is 2.33. The summed E-state index contributed by atoms with van der Waals surface area (Å²) >= 11 is 0. The maximum Gasteiger partial charge on any atom is 0.237 e. The molecule has 2 aliphatic rings. The highest BCUT2D eigenvalue weighted by atomic mass is 16.5. The predicted octanol–water partition coefficient (Wildman–Crippen LogP) is 2.32. The van der Waals surface area contributed by atoms with Crippen LogP contribution in [0.15, 0.2) is 54.6 Å². The van der Waals surface area contributed by atoms with Gasteiger partial charge in [0.2, 0.25) is 11.8 Å². The van der Waals surface area contributed by atoms with Crippen LogP contribution in [0.25, 0.3) is 6.08 Å². The molecular formula is C25H29N3O4. The van der Waals surface area contributed by atoms with Crippen LogP contribution in [0, 0.1) is 0 Å². The molecule has 4 rings (SSSR count). The molecule has 1 atom stereocenters. The van der Waals surface area contributed by atoms with E-state index in [0.717, 1.165) is 22.6 Å². The molecule has 2 aliphatic heterocycles. The van der Waals surface area contributed by atoms with Crippen molar-refractivity contribution in [3.8, 4) is 11.5 Å². The van der Waals surface area contributed by atoms with Crippen LogP contribution in [0.4, 0.5) is 0 Å². The third kappa shape index (κ3) is 5.11. The van der Waals surface area contributed by atoms with Gasteiger partial charge in [-0.15, -0.1) is 0 Å². The zero-order valence-electron chi connectivity index (χ0n) is 18.3. The molecule has 1 fully saturated rings. The van der Waals surface area contributed by atoms with Gasteiger partial charge in [0.25, 0.3) is 0 Å². The molecule has 7 heteroatoms. The fourth-order valence-corrected chi connectivity index (χ4v) is 4.15. The lowest BCUT2D eigenvalue weighted by atomic mass is 10.1. The average Bonchev–Trinajstić information content (AvgIpc) is 3.04. The quantitative estimate of drug-likeness (QED) is 0.754. The van der Waals surface area contributed by atoms with E-state index >= 15 is 0 Å². The van der Waals surface area contributed by atoms with Crippen molar-refractivity contribution in [1.82, 2.24) is 15.1 Å². The van der Waals surface area contributed by atoms with Crippen molar-refractivity contribution in [2.24, 2.45) is 0 Å². The molecule has 32 heavy (non-hydrogen) atoms. The van der Waals surface area contributed by atoms with Crippen molar-refractivity contribution in [3.05, 3.63) is 65.7 Å². The first-order chi connectivity index (χ1) is 15.7. The Kier molecular flexibility index (Phi) is 7.07. The largest absolute Gasteiger partial charge is 0.496 e. The van der Waals surface area contributed by atoms with Crippen molar-refractivity contribution < 1.29 is 19.1 Å². The number of para-hydroxylation sites is 2. The van der Waals surface area contributed by atoms with E-state index in [-0.39, 0.29) is 18.2 Å². The van der Waals surface area contributed by atoms with Crippen LogP contribution in [-0.4, -0.2) is 67.6 Å². The highest BCUT2D eigenvalue weighted by molar-refractivity contribution is 5.89. The van der Waals surface area contributed by atoms with Gasteiger partial charge in [-0.2, -0.15) is 0 Å². The fraction of sp³-hybridized carbons (Fsp3) is 0.360. The van der Waals surface area contributed by atoms with Gasteiger partial charge in [-0.3, -0.25) is 14.5 Å². The van der Waals surface area contributed by atoms with E-state index in [0.29, 0.717) is 39.3 Å². The number of methoxy groups -OCH3 is 1. The van der Waals surface area contributed by atoms with E-state index in [1.807, 2.05) is 60.7 Å². The van der Waals surface area contributed by atoms with E-state index in [1.54, 1.807) is 12.0 Å². The number of fused-ring (bicyclic) bond motifs is 1. The molecule has 0 radical (unpaired) electrons. The maximum absolute atomic E-state index is 13.1. The second-order valence-corrected chi connectivity index (χ2v) is 7.92. The van der Waals surface area contributed by atoms with Gasteiger partial charge in [-0.05, 0) is 12.1 Å². The molecule has 0 aliphatic carbocycles. The Labute approximate surface area is 188 Å². The summed E-state index contributed by atoms with van der Waals surface area (Å²) in [5, 5.41) is 2.90. The van der Waals surface area contributed by atoms with Crippen molar-refractivity contribution >= 4 is 17.9 Å².